The molecule has 0 aromatic heterocycles. The Morgan fingerprint density at radius 2 is 1.67 bits per heavy atom. The number of hydroxylamine groups is 2. The van der Waals surface area contributed by atoms with Gasteiger partial charge in [-0.1, -0.05) is 46.2 Å². The van der Waals surface area contributed by atoms with E-state index in [9.17, 15) is 18.4 Å². The Bertz CT molecular complexity index is 621. The van der Waals surface area contributed by atoms with Crippen LogP contribution in [0.25, 0.3) is 0 Å². The first-order valence-electron chi connectivity index (χ1n) is 8.14. The van der Waals surface area contributed by atoms with Crippen molar-refractivity contribution in [1.82, 2.24) is 9.37 Å². The standard InChI is InChI=1S/C17H28N2O4S/c1-5-6-11-19(13-12-18(21)14-20)24(22,23)16-9-7-15(8-10-16)17(2,3)4/h7-10,14,21H,5-6,11-13H2,1-4H3. The maximum atomic E-state index is 12.8. The van der Waals surface area contributed by atoms with Crippen molar-refractivity contribution in [3.8, 4) is 0 Å². The lowest BCUT2D eigenvalue weighted by Crippen LogP contribution is -2.38. The molecule has 1 amide bonds. The summed E-state index contributed by atoms with van der Waals surface area (Å²) in [4.78, 5) is 10.7. The van der Waals surface area contributed by atoms with Gasteiger partial charge in [-0.2, -0.15) is 4.31 Å². The highest BCUT2D eigenvalue weighted by molar-refractivity contribution is 7.89. The van der Waals surface area contributed by atoms with E-state index >= 15 is 0 Å². The number of benzene rings is 1. The molecule has 1 aromatic rings. The molecule has 1 N–H and O–H groups in total. The maximum Gasteiger partial charge on any atom is 0.243 e. The summed E-state index contributed by atoms with van der Waals surface area (Å²) in [6, 6.07) is 6.89. The van der Waals surface area contributed by atoms with Crippen LogP contribution in [0.4, 0.5) is 0 Å². The molecule has 0 bridgehead atoms. The Balaban J connectivity index is 3.03. The minimum Gasteiger partial charge on any atom is -0.286 e. The van der Waals surface area contributed by atoms with E-state index < -0.39 is 10.0 Å². The molecule has 0 saturated heterocycles. The van der Waals surface area contributed by atoms with Crippen molar-refractivity contribution in [3.63, 3.8) is 0 Å². The third-order valence-electron chi connectivity index (χ3n) is 3.82. The zero-order valence-electron chi connectivity index (χ0n) is 14.9. The predicted octanol–water partition coefficient (Wildman–Crippen LogP) is 2.62. The average Bonchev–Trinajstić information content (AvgIpc) is 2.53. The quantitative estimate of drug-likeness (QED) is 0.419. The van der Waals surface area contributed by atoms with Gasteiger partial charge in [-0.3, -0.25) is 10.0 Å². The first-order valence-corrected chi connectivity index (χ1v) is 9.58. The second-order valence-electron chi connectivity index (χ2n) is 6.80. The summed E-state index contributed by atoms with van der Waals surface area (Å²) in [5.41, 5.74) is 1.01. The van der Waals surface area contributed by atoms with Crippen LogP contribution in [0.2, 0.25) is 0 Å². The molecule has 1 rings (SSSR count). The number of hydrogen-bond acceptors (Lipinski definition) is 4. The molecule has 7 heteroatoms. The van der Waals surface area contributed by atoms with Gasteiger partial charge in [-0.15, -0.1) is 0 Å². The highest BCUT2D eigenvalue weighted by atomic mass is 32.2. The van der Waals surface area contributed by atoms with Crippen LogP contribution < -0.4 is 0 Å². The van der Waals surface area contributed by atoms with Crippen molar-refractivity contribution >= 4 is 16.4 Å². The van der Waals surface area contributed by atoms with Gasteiger partial charge in [0.05, 0.1) is 11.4 Å². The number of hydrogen-bond donors (Lipinski definition) is 1. The Labute approximate surface area is 145 Å². The van der Waals surface area contributed by atoms with Gasteiger partial charge in [0.1, 0.15) is 0 Å². The Hall–Kier alpha value is -1.44. The number of amides is 1. The number of unbranched alkanes of at least 4 members (excludes halogenated alkanes) is 1. The van der Waals surface area contributed by atoms with Crippen LogP contribution in [0, 0.1) is 0 Å². The molecule has 0 atom stereocenters. The first-order chi connectivity index (χ1) is 11.1. The lowest BCUT2D eigenvalue weighted by Gasteiger charge is -2.24. The largest absolute Gasteiger partial charge is 0.286 e. The summed E-state index contributed by atoms with van der Waals surface area (Å²) in [6.07, 6.45) is 1.83. The van der Waals surface area contributed by atoms with E-state index in [-0.39, 0.29) is 29.8 Å². The van der Waals surface area contributed by atoms with E-state index in [1.807, 2.05) is 19.1 Å². The Morgan fingerprint density at radius 1 is 1.08 bits per heavy atom. The molecule has 0 fully saturated rings. The molecule has 6 nitrogen and oxygen atoms in total. The second-order valence-corrected chi connectivity index (χ2v) is 8.74. The zero-order valence-corrected chi connectivity index (χ0v) is 15.7. The number of carbonyl (C=O) groups is 1. The van der Waals surface area contributed by atoms with Gasteiger partial charge in [0.15, 0.2) is 0 Å². The van der Waals surface area contributed by atoms with Crippen molar-refractivity contribution in [2.24, 2.45) is 0 Å². The van der Waals surface area contributed by atoms with Gasteiger partial charge in [0.2, 0.25) is 16.4 Å². The first kappa shape index (κ1) is 20.6. The van der Waals surface area contributed by atoms with Crippen molar-refractivity contribution in [2.45, 2.75) is 50.8 Å². The molecule has 1 aromatic carbocycles. The number of rotatable bonds is 9. The molecule has 136 valence electrons. The lowest BCUT2D eigenvalue weighted by molar-refractivity contribution is -0.149. The summed E-state index contributed by atoms with van der Waals surface area (Å²) < 4.78 is 27.0. The van der Waals surface area contributed by atoms with Crippen LogP contribution in [0.5, 0.6) is 0 Å². The average molecular weight is 356 g/mol. The molecule has 0 spiro atoms. The van der Waals surface area contributed by atoms with Crippen LogP contribution in [0.15, 0.2) is 29.2 Å². The SMILES string of the molecule is CCCCN(CCN(O)C=O)S(=O)(=O)c1ccc(C(C)(C)C)cc1. The number of sulfonamides is 1. The fraction of sp³-hybridized carbons (Fsp3) is 0.588. The van der Waals surface area contributed by atoms with Crippen LogP contribution in [-0.4, -0.2) is 49.0 Å². The van der Waals surface area contributed by atoms with Crippen molar-refractivity contribution < 1.29 is 18.4 Å². The summed E-state index contributed by atoms with van der Waals surface area (Å²) >= 11 is 0. The Kier molecular flexibility index (Phi) is 7.38. The third kappa shape index (κ3) is 5.58. The Morgan fingerprint density at radius 3 is 2.12 bits per heavy atom. The van der Waals surface area contributed by atoms with E-state index in [2.05, 4.69) is 20.8 Å². The van der Waals surface area contributed by atoms with Gasteiger partial charge >= 0.3 is 0 Å². The molecule has 0 aliphatic heterocycles. The summed E-state index contributed by atoms with van der Waals surface area (Å²) in [6.45, 7) is 8.53. The van der Waals surface area contributed by atoms with E-state index in [0.717, 1.165) is 12.0 Å². The van der Waals surface area contributed by atoms with E-state index in [0.29, 0.717) is 18.0 Å². The minimum atomic E-state index is -3.66. The van der Waals surface area contributed by atoms with Crippen molar-refractivity contribution in [2.75, 3.05) is 19.6 Å². The van der Waals surface area contributed by atoms with Crippen LogP contribution in [-0.2, 0) is 20.2 Å². The fourth-order valence-corrected chi connectivity index (χ4v) is 3.70. The molecular weight excluding hydrogens is 328 g/mol. The van der Waals surface area contributed by atoms with Crippen LogP contribution >= 0.6 is 0 Å². The zero-order chi connectivity index (χ0) is 18.4. The van der Waals surface area contributed by atoms with E-state index in [1.54, 1.807) is 12.1 Å². The van der Waals surface area contributed by atoms with Crippen LogP contribution in [0.3, 0.4) is 0 Å². The van der Waals surface area contributed by atoms with E-state index in [1.165, 1.54) is 4.31 Å². The maximum absolute atomic E-state index is 12.8. The van der Waals surface area contributed by atoms with Crippen molar-refractivity contribution in [3.05, 3.63) is 29.8 Å². The van der Waals surface area contributed by atoms with Crippen molar-refractivity contribution in [1.29, 1.82) is 0 Å². The smallest absolute Gasteiger partial charge is 0.243 e. The molecule has 0 radical (unpaired) electrons. The second kappa shape index (κ2) is 8.60. The molecule has 0 saturated carbocycles. The highest BCUT2D eigenvalue weighted by Gasteiger charge is 2.25. The number of carbonyl (C=O) groups excluding carboxylic acids is 1. The lowest BCUT2D eigenvalue weighted by atomic mass is 9.87. The van der Waals surface area contributed by atoms with Gasteiger partial charge in [-0.05, 0) is 29.5 Å². The fourth-order valence-electron chi connectivity index (χ4n) is 2.23. The predicted molar refractivity (Wildman–Crippen MR) is 93.4 cm³/mol. The summed E-state index contributed by atoms with van der Waals surface area (Å²) in [5.74, 6) is 0. The van der Waals surface area contributed by atoms with Crippen LogP contribution in [0.1, 0.15) is 46.1 Å². The molecule has 0 aliphatic rings. The summed E-state index contributed by atoms with van der Waals surface area (Å²) in [7, 11) is -3.66. The van der Waals surface area contributed by atoms with Gasteiger partial charge in [-0.25, -0.2) is 13.5 Å². The molecular formula is C17H28N2O4S. The van der Waals surface area contributed by atoms with Gasteiger partial charge in [0.25, 0.3) is 0 Å². The normalized spacial score (nSPS) is 12.4. The highest BCUT2D eigenvalue weighted by Crippen LogP contribution is 2.24. The van der Waals surface area contributed by atoms with Gasteiger partial charge < -0.3 is 0 Å². The minimum absolute atomic E-state index is 0.0501. The molecule has 0 heterocycles. The van der Waals surface area contributed by atoms with Gasteiger partial charge in [0, 0.05) is 13.1 Å². The summed E-state index contributed by atoms with van der Waals surface area (Å²) in [5, 5.41) is 9.69. The topological polar surface area (TPSA) is 77.9 Å². The number of nitrogens with zero attached hydrogens (tertiary/aromatic N) is 2. The third-order valence-corrected chi connectivity index (χ3v) is 5.73. The monoisotopic (exact) mass is 356 g/mol. The molecule has 0 unspecified atom stereocenters. The molecule has 0 aliphatic carbocycles. The van der Waals surface area contributed by atoms with E-state index in [4.69, 9.17) is 0 Å². The molecule has 24 heavy (non-hydrogen) atoms.